The standard InChI is InChI=1S/C23H24N2O4/c1-25-12-11-23-10-9-16(28-22(26)14-3-5-15(24)6-4-14)13-19(23)29-21-18(27-2)8-7-17(25)20(21)23/h3-10,16,19H,11-13,24H2,1-2H3/t16-,19?,23-/m0/s1. The molecule has 0 amide bonds. The van der Waals surface area contributed by atoms with Gasteiger partial charge in [0.25, 0.3) is 0 Å². The normalized spacial score (nSPS) is 26.3. The number of esters is 1. The van der Waals surface area contributed by atoms with E-state index in [-0.39, 0.29) is 23.6 Å². The number of nitrogens with two attached hydrogens (primary N) is 1. The van der Waals surface area contributed by atoms with Crippen molar-refractivity contribution in [2.24, 2.45) is 0 Å². The van der Waals surface area contributed by atoms with Gasteiger partial charge in [0.1, 0.15) is 12.2 Å². The molecule has 3 aliphatic rings. The summed E-state index contributed by atoms with van der Waals surface area (Å²) in [5.41, 5.74) is 8.98. The Morgan fingerprint density at radius 2 is 2.03 bits per heavy atom. The van der Waals surface area contributed by atoms with Crippen molar-refractivity contribution in [1.29, 1.82) is 0 Å². The molecule has 0 aromatic heterocycles. The fourth-order valence-corrected chi connectivity index (χ4v) is 4.78. The lowest BCUT2D eigenvalue weighted by Crippen LogP contribution is -2.47. The van der Waals surface area contributed by atoms with Gasteiger partial charge < -0.3 is 24.8 Å². The number of benzene rings is 2. The van der Waals surface area contributed by atoms with Gasteiger partial charge in [-0.15, -0.1) is 0 Å². The van der Waals surface area contributed by atoms with Crippen LogP contribution in [0.3, 0.4) is 0 Å². The summed E-state index contributed by atoms with van der Waals surface area (Å²) in [5.74, 6) is 1.21. The van der Waals surface area contributed by atoms with E-state index in [9.17, 15) is 4.79 Å². The van der Waals surface area contributed by atoms with Gasteiger partial charge >= 0.3 is 5.97 Å². The van der Waals surface area contributed by atoms with Crippen molar-refractivity contribution in [3.8, 4) is 11.5 Å². The van der Waals surface area contributed by atoms with Gasteiger partial charge in [0, 0.05) is 37.0 Å². The van der Waals surface area contributed by atoms with Crippen LogP contribution in [-0.2, 0) is 10.2 Å². The van der Waals surface area contributed by atoms with Crippen LogP contribution < -0.4 is 20.1 Å². The first-order valence-corrected chi connectivity index (χ1v) is 9.87. The quantitative estimate of drug-likeness (QED) is 0.491. The van der Waals surface area contributed by atoms with Gasteiger partial charge in [-0.1, -0.05) is 6.08 Å². The molecule has 2 heterocycles. The lowest BCUT2D eigenvalue weighted by atomic mass is 9.67. The van der Waals surface area contributed by atoms with Crippen molar-refractivity contribution in [2.45, 2.75) is 30.5 Å². The van der Waals surface area contributed by atoms with E-state index >= 15 is 0 Å². The number of anilines is 2. The first kappa shape index (κ1) is 17.9. The Morgan fingerprint density at radius 3 is 2.79 bits per heavy atom. The summed E-state index contributed by atoms with van der Waals surface area (Å²) in [6, 6.07) is 10.8. The third-order valence-electron chi connectivity index (χ3n) is 6.35. The van der Waals surface area contributed by atoms with Gasteiger partial charge in [-0.2, -0.15) is 0 Å². The number of ether oxygens (including phenoxy) is 3. The molecule has 2 N–H and O–H groups in total. The van der Waals surface area contributed by atoms with Crippen LogP contribution in [0, 0.1) is 0 Å². The Morgan fingerprint density at radius 1 is 1.24 bits per heavy atom. The van der Waals surface area contributed by atoms with E-state index in [1.807, 2.05) is 12.1 Å². The summed E-state index contributed by atoms with van der Waals surface area (Å²) in [6.45, 7) is 0.943. The first-order valence-electron chi connectivity index (χ1n) is 9.87. The molecule has 6 nitrogen and oxygen atoms in total. The number of carbonyl (C=O) groups is 1. The molecule has 1 unspecified atom stereocenters. The Hall–Kier alpha value is -3.15. The molecule has 0 saturated heterocycles. The summed E-state index contributed by atoms with van der Waals surface area (Å²) in [5, 5.41) is 0. The highest BCUT2D eigenvalue weighted by atomic mass is 16.6. The summed E-state index contributed by atoms with van der Waals surface area (Å²) < 4.78 is 17.7. The maximum absolute atomic E-state index is 12.5. The smallest absolute Gasteiger partial charge is 0.338 e. The number of hydrogen-bond donors (Lipinski definition) is 1. The van der Waals surface area contributed by atoms with Crippen LogP contribution >= 0.6 is 0 Å². The Bertz CT molecular complexity index is 1000. The SMILES string of the molecule is COc1ccc2c3c1OC1C[C@@H](OC(=O)c4ccc(N)cc4)C=C[C@@]31CCN2C. The second-order valence-electron chi connectivity index (χ2n) is 7.97. The van der Waals surface area contributed by atoms with Crippen LogP contribution in [0.1, 0.15) is 28.8 Å². The van der Waals surface area contributed by atoms with Crippen molar-refractivity contribution in [3.05, 3.63) is 59.7 Å². The van der Waals surface area contributed by atoms with Gasteiger partial charge in [-0.3, -0.25) is 0 Å². The minimum Gasteiger partial charge on any atom is -0.493 e. The van der Waals surface area contributed by atoms with E-state index in [1.165, 1.54) is 11.3 Å². The molecule has 1 aliphatic carbocycles. The average molecular weight is 392 g/mol. The van der Waals surface area contributed by atoms with Crippen molar-refractivity contribution < 1.29 is 19.0 Å². The highest BCUT2D eigenvalue weighted by molar-refractivity contribution is 5.90. The van der Waals surface area contributed by atoms with Crippen molar-refractivity contribution in [2.75, 3.05) is 31.3 Å². The molecule has 0 bridgehead atoms. The van der Waals surface area contributed by atoms with Gasteiger partial charge in [0.05, 0.1) is 18.1 Å². The molecule has 2 aromatic rings. The average Bonchev–Trinajstić information content (AvgIpc) is 3.07. The molecule has 0 radical (unpaired) electrons. The van der Waals surface area contributed by atoms with Gasteiger partial charge in [0.2, 0.25) is 0 Å². The molecule has 0 saturated carbocycles. The predicted molar refractivity (Wildman–Crippen MR) is 111 cm³/mol. The summed E-state index contributed by atoms with van der Waals surface area (Å²) >= 11 is 0. The highest BCUT2D eigenvalue weighted by Crippen LogP contribution is 2.58. The summed E-state index contributed by atoms with van der Waals surface area (Å²) in [7, 11) is 3.77. The molecular formula is C23H24N2O4. The van der Waals surface area contributed by atoms with Gasteiger partial charge in [0.15, 0.2) is 11.5 Å². The van der Waals surface area contributed by atoms with Crippen molar-refractivity contribution >= 4 is 17.3 Å². The Kier molecular flexibility index (Phi) is 3.98. The highest BCUT2D eigenvalue weighted by Gasteiger charge is 2.54. The van der Waals surface area contributed by atoms with Crippen LogP contribution in [0.15, 0.2) is 48.6 Å². The van der Waals surface area contributed by atoms with Crippen molar-refractivity contribution in [1.82, 2.24) is 0 Å². The Balaban J connectivity index is 1.44. The zero-order valence-corrected chi connectivity index (χ0v) is 16.6. The minimum atomic E-state index is -0.354. The maximum Gasteiger partial charge on any atom is 0.338 e. The number of methoxy groups -OCH3 is 1. The van der Waals surface area contributed by atoms with Crippen LogP contribution in [0.4, 0.5) is 11.4 Å². The lowest BCUT2D eigenvalue weighted by molar-refractivity contribution is 0.0221. The first-order chi connectivity index (χ1) is 14.0. The second kappa shape index (κ2) is 6.44. The van der Waals surface area contributed by atoms with Crippen LogP contribution in [0.5, 0.6) is 11.5 Å². The number of hydrogen-bond acceptors (Lipinski definition) is 6. The van der Waals surface area contributed by atoms with Crippen molar-refractivity contribution in [3.63, 3.8) is 0 Å². The van der Waals surface area contributed by atoms with E-state index < -0.39 is 0 Å². The van der Waals surface area contributed by atoms with Crippen LogP contribution in [0.2, 0.25) is 0 Å². The topological polar surface area (TPSA) is 74.0 Å². The monoisotopic (exact) mass is 392 g/mol. The molecule has 0 fully saturated rings. The summed E-state index contributed by atoms with van der Waals surface area (Å²) in [6.07, 6.45) is 5.34. The Labute approximate surface area is 169 Å². The maximum atomic E-state index is 12.5. The number of carbonyl (C=O) groups excluding carboxylic acids is 1. The van der Waals surface area contributed by atoms with E-state index in [1.54, 1.807) is 31.4 Å². The molecule has 1 spiro atoms. The number of nitrogens with zero attached hydrogens (tertiary/aromatic N) is 1. The van der Waals surface area contributed by atoms with E-state index in [0.717, 1.165) is 24.5 Å². The second-order valence-corrected chi connectivity index (χ2v) is 7.97. The van der Waals surface area contributed by atoms with E-state index in [0.29, 0.717) is 17.7 Å². The third kappa shape index (κ3) is 2.66. The zero-order chi connectivity index (χ0) is 20.2. The fraction of sp³-hybridized carbons (Fsp3) is 0.348. The predicted octanol–water partition coefficient (Wildman–Crippen LogP) is 3.30. The molecule has 3 atom stereocenters. The van der Waals surface area contributed by atoms with E-state index in [2.05, 4.69) is 24.1 Å². The molecule has 29 heavy (non-hydrogen) atoms. The van der Waals surface area contributed by atoms with Gasteiger partial charge in [-0.05, 0) is 48.9 Å². The molecule has 2 aromatic carbocycles. The largest absolute Gasteiger partial charge is 0.493 e. The minimum absolute atomic E-state index is 0.0875. The molecular weight excluding hydrogens is 368 g/mol. The zero-order valence-electron chi connectivity index (χ0n) is 16.6. The third-order valence-corrected chi connectivity index (χ3v) is 6.35. The number of nitrogen functional groups attached to an aromatic ring is 1. The van der Waals surface area contributed by atoms with E-state index in [4.69, 9.17) is 19.9 Å². The molecule has 5 rings (SSSR count). The molecule has 2 aliphatic heterocycles. The summed E-state index contributed by atoms with van der Waals surface area (Å²) in [4.78, 5) is 14.8. The van der Waals surface area contributed by atoms with Crippen LogP contribution in [0.25, 0.3) is 0 Å². The fourth-order valence-electron chi connectivity index (χ4n) is 4.78. The van der Waals surface area contributed by atoms with Gasteiger partial charge in [-0.25, -0.2) is 4.79 Å². The number of rotatable bonds is 3. The van der Waals surface area contributed by atoms with Crippen LogP contribution in [-0.4, -0.2) is 38.9 Å². The lowest BCUT2D eigenvalue weighted by Gasteiger charge is -2.42. The molecule has 6 heteroatoms. The molecule has 150 valence electrons.